The third-order valence-electron chi connectivity index (χ3n) is 5.22. The number of ether oxygens (including phenoxy) is 2. The standard InChI is InChI=1S/C20H29N5O5S/c1-13(2)21-20(26)17-12-25(24-22-17)15-7-5-14(6-8-15)23-31(27,28)16-9-10-18(29-3)19(11-16)30-4/h9-15,23H,5-8H2,1-4H3,(H,21,26). The van der Waals surface area contributed by atoms with Gasteiger partial charge in [-0.1, -0.05) is 5.21 Å². The zero-order valence-corrected chi connectivity index (χ0v) is 19.0. The van der Waals surface area contributed by atoms with E-state index in [-0.39, 0.29) is 34.6 Å². The maximum absolute atomic E-state index is 12.8. The minimum absolute atomic E-state index is 0.0202. The number of carbonyl (C=O) groups is 1. The maximum Gasteiger partial charge on any atom is 0.273 e. The van der Waals surface area contributed by atoms with Gasteiger partial charge in [0.2, 0.25) is 10.0 Å². The van der Waals surface area contributed by atoms with Gasteiger partial charge in [-0.25, -0.2) is 17.8 Å². The Bertz CT molecular complexity index is 1010. The summed E-state index contributed by atoms with van der Waals surface area (Å²) in [6, 6.07) is 4.44. The fourth-order valence-electron chi connectivity index (χ4n) is 3.62. The molecule has 1 fully saturated rings. The first-order valence-corrected chi connectivity index (χ1v) is 11.7. The van der Waals surface area contributed by atoms with E-state index in [9.17, 15) is 13.2 Å². The summed E-state index contributed by atoms with van der Waals surface area (Å²) in [5, 5.41) is 10.8. The summed E-state index contributed by atoms with van der Waals surface area (Å²) in [6.07, 6.45) is 4.42. The first kappa shape index (κ1) is 23.0. The van der Waals surface area contributed by atoms with Crippen LogP contribution in [0.1, 0.15) is 56.1 Å². The predicted molar refractivity (Wildman–Crippen MR) is 114 cm³/mol. The smallest absolute Gasteiger partial charge is 0.273 e. The highest BCUT2D eigenvalue weighted by atomic mass is 32.2. The predicted octanol–water partition coefficient (Wildman–Crippen LogP) is 1.90. The van der Waals surface area contributed by atoms with Crippen molar-refractivity contribution in [2.75, 3.05) is 14.2 Å². The Morgan fingerprint density at radius 2 is 1.81 bits per heavy atom. The normalized spacial score (nSPS) is 19.3. The molecule has 10 nitrogen and oxygen atoms in total. The fraction of sp³-hybridized carbons (Fsp3) is 0.550. The van der Waals surface area contributed by atoms with Gasteiger partial charge < -0.3 is 14.8 Å². The number of hydrogen-bond donors (Lipinski definition) is 2. The summed E-state index contributed by atoms with van der Waals surface area (Å²) >= 11 is 0. The minimum atomic E-state index is -3.69. The van der Waals surface area contributed by atoms with Crippen LogP contribution in [0.4, 0.5) is 0 Å². The van der Waals surface area contributed by atoms with E-state index in [0.29, 0.717) is 24.3 Å². The number of methoxy groups -OCH3 is 2. The topological polar surface area (TPSA) is 124 Å². The van der Waals surface area contributed by atoms with Gasteiger partial charge in [-0.2, -0.15) is 0 Å². The Kier molecular flexibility index (Phi) is 7.16. The summed E-state index contributed by atoms with van der Waals surface area (Å²) in [4.78, 5) is 12.2. The van der Waals surface area contributed by atoms with E-state index in [0.717, 1.165) is 12.8 Å². The summed E-state index contributed by atoms with van der Waals surface area (Å²) in [7, 11) is -0.731. The van der Waals surface area contributed by atoms with Crippen LogP contribution in [0, 0.1) is 0 Å². The second-order valence-electron chi connectivity index (χ2n) is 7.86. The number of benzene rings is 1. The molecule has 2 aromatic rings. The molecule has 170 valence electrons. The van der Waals surface area contributed by atoms with Gasteiger partial charge in [-0.05, 0) is 51.7 Å². The number of hydrogen-bond acceptors (Lipinski definition) is 7. The monoisotopic (exact) mass is 451 g/mol. The molecule has 2 N–H and O–H groups in total. The summed E-state index contributed by atoms with van der Waals surface area (Å²) < 4.78 is 40.5. The van der Waals surface area contributed by atoms with Gasteiger partial charge in [0, 0.05) is 18.2 Å². The summed E-state index contributed by atoms with van der Waals surface area (Å²) in [5.74, 6) is 0.575. The lowest BCUT2D eigenvalue weighted by Crippen LogP contribution is -2.38. The van der Waals surface area contributed by atoms with E-state index in [4.69, 9.17) is 9.47 Å². The molecule has 0 atom stereocenters. The molecule has 1 amide bonds. The highest BCUT2D eigenvalue weighted by Crippen LogP contribution is 2.31. The van der Waals surface area contributed by atoms with E-state index in [1.165, 1.54) is 26.4 Å². The Hall–Kier alpha value is -2.66. The molecule has 1 aromatic heterocycles. The first-order chi connectivity index (χ1) is 14.7. The van der Waals surface area contributed by atoms with Crippen LogP contribution < -0.4 is 19.5 Å². The number of rotatable bonds is 8. The number of carbonyl (C=O) groups excluding carboxylic acids is 1. The van der Waals surface area contributed by atoms with Crippen LogP contribution in [0.3, 0.4) is 0 Å². The van der Waals surface area contributed by atoms with E-state index in [1.807, 2.05) is 13.8 Å². The summed E-state index contributed by atoms with van der Waals surface area (Å²) in [5.41, 5.74) is 0.282. The molecule has 0 bridgehead atoms. The van der Waals surface area contributed by atoms with Crippen LogP contribution in [-0.2, 0) is 10.0 Å². The molecular formula is C20H29N5O5S. The molecule has 0 unspecified atom stereocenters. The molecular weight excluding hydrogens is 422 g/mol. The van der Waals surface area contributed by atoms with E-state index in [1.54, 1.807) is 16.9 Å². The molecule has 3 rings (SSSR count). The molecule has 1 aliphatic rings. The third kappa shape index (κ3) is 5.53. The molecule has 31 heavy (non-hydrogen) atoms. The SMILES string of the molecule is COc1ccc(S(=O)(=O)NC2CCC(n3cc(C(=O)NC(C)C)nn3)CC2)cc1OC. The number of amides is 1. The van der Waals surface area contributed by atoms with Crippen molar-refractivity contribution < 1.29 is 22.7 Å². The van der Waals surface area contributed by atoms with E-state index in [2.05, 4.69) is 20.4 Å². The number of nitrogens with zero attached hydrogens (tertiary/aromatic N) is 3. The number of nitrogens with one attached hydrogen (secondary N) is 2. The zero-order valence-electron chi connectivity index (χ0n) is 18.2. The lowest BCUT2D eigenvalue weighted by molar-refractivity contribution is 0.0938. The first-order valence-electron chi connectivity index (χ1n) is 10.2. The fourth-order valence-corrected chi connectivity index (χ4v) is 4.94. The highest BCUT2D eigenvalue weighted by molar-refractivity contribution is 7.89. The molecule has 11 heteroatoms. The van der Waals surface area contributed by atoms with Crippen LogP contribution in [0.25, 0.3) is 0 Å². The molecule has 0 radical (unpaired) electrons. The lowest BCUT2D eigenvalue weighted by Gasteiger charge is -2.28. The Balaban J connectivity index is 1.60. The van der Waals surface area contributed by atoms with E-state index < -0.39 is 10.0 Å². The van der Waals surface area contributed by atoms with Crippen molar-refractivity contribution in [2.45, 2.75) is 62.6 Å². The van der Waals surface area contributed by atoms with Gasteiger partial charge in [-0.15, -0.1) is 5.10 Å². The third-order valence-corrected chi connectivity index (χ3v) is 6.74. The van der Waals surface area contributed by atoms with Gasteiger partial charge in [0.15, 0.2) is 17.2 Å². The van der Waals surface area contributed by atoms with Crippen molar-refractivity contribution >= 4 is 15.9 Å². The van der Waals surface area contributed by atoms with Gasteiger partial charge in [0.1, 0.15) is 0 Å². The van der Waals surface area contributed by atoms with E-state index >= 15 is 0 Å². The van der Waals surface area contributed by atoms with Gasteiger partial charge in [0.25, 0.3) is 5.91 Å². The minimum Gasteiger partial charge on any atom is -0.493 e. The van der Waals surface area contributed by atoms with Gasteiger partial charge in [0.05, 0.1) is 31.4 Å². The highest BCUT2D eigenvalue weighted by Gasteiger charge is 2.28. The molecule has 1 aromatic carbocycles. The second-order valence-corrected chi connectivity index (χ2v) is 9.57. The Labute approximate surface area is 182 Å². The van der Waals surface area contributed by atoms with Crippen LogP contribution in [-0.4, -0.2) is 55.6 Å². The van der Waals surface area contributed by atoms with Crippen molar-refractivity contribution in [3.63, 3.8) is 0 Å². The Morgan fingerprint density at radius 3 is 2.42 bits per heavy atom. The van der Waals surface area contributed by atoms with Crippen molar-refractivity contribution in [3.8, 4) is 11.5 Å². The van der Waals surface area contributed by atoms with Crippen LogP contribution in [0.15, 0.2) is 29.3 Å². The molecule has 1 saturated carbocycles. The molecule has 0 spiro atoms. The van der Waals surface area contributed by atoms with Crippen molar-refractivity contribution in [1.82, 2.24) is 25.0 Å². The van der Waals surface area contributed by atoms with Crippen LogP contribution in [0.2, 0.25) is 0 Å². The number of aromatic nitrogens is 3. The summed E-state index contributed by atoms with van der Waals surface area (Å²) in [6.45, 7) is 3.76. The van der Waals surface area contributed by atoms with Gasteiger partial charge >= 0.3 is 0 Å². The van der Waals surface area contributed by atoms with Crippen molar-refractivity contribution in [1.29, 1.82) is 0 Å². The maximum atomic E-state index is 12.8. The average Bonchev–Trinajstić information content (AvgIpc) is 3.23. The van der Waals surface area contributed by atoms with Gasteiger partial charge in [-0.3, -0.25) is 4.79 Å². The largest absolute Gasteiger partial charge is 0.493 e. The Morgan fingerprint density at radius 1 is 1.13 bits per heavy atom. The van der Waals surface area contributed by atoms with Crippen LogP contribution in [0.5, 0.6) is 11.5 Å². The second kappa shape index (κ2) is 9.65. The van der Waals surface area contributed by atoms with Crippen molar-refractivity contribution in [2.24, 2.45) is 0 Å². The van der Waals surface area contributed by atoms with Crippen LogP contribution >= 0.6 is 0 Å². The average molecular weight is 452 g/mol. The lowest BCUT2D eigenvalue weighted by atomic mass is 9.92. The number of sulfonamides is 1. The zero-order chi connectivity index (χ0) is 22.6. The molecule has 0 aliphatic heterocycles. The molecule has 1 heterocycles. The van der Waals surface area contributed by atoms with Crippen molar-refractivity contribution in [3.05, 3.63) is 30.1 Å². The molecule has 0 saturated heterocycles. The quantitative estimate of drug-likeness (QED) is 0.628. The molecule has 1 aliphatic carbocycles.